The van der Waals surface area contributed by atoms with Crippen LogP contribution in [0.25, 0.3) is 0 Å². The van der Waals surface area contributed by atoms with Gasteiger partial charge in [0.2, 0.25) is 0 Å². The van der Waals surface area contributed by atoms with E-state index in [-0.39, 0.29) is 12.1 Å². The first kappa shape index (κ1) is 13.0. The molecule has 16 heavy (non-hydrogen) atoms. The van der Waals surface area contributed by atoms with E-state index in [2.05, 4.69) is 9.72 Å². The van der Waals surface area contributed by atoms with Crippen molar-refractivity contribution in [2.24, 2.45) is 0 Å². The van der Waals surface area contributed by atoms with Crippen molar-refractivity contribution in [3.05, 3.63) is 15.6 Å². The van der Waals surface area contributed by atoms with E-state index in [1.165, 1.54) is 7.11 Å². The summed E-state index contributed by atoms with van der Waals surface area (Å²) in [7, 11) is 1.20. The number of rotatable bonds is 3. The van der Waals surface area contributed by atoms with Crippen molar-refractivity contribution < 1.29 is 22.7 Å². The van der Waals surface area contributed by atoms with E-state index in [0.717, 1.165) is 11.3 Å². The van der Waals surface area contributed by atoms with Gasteiger partial charge in [0.05, 0.1) is 12.1 Å². The van der Waals surface area contributed by atoms with Crippen LogP contribution in [0.5, 0.6) is 0 Å². The highest BCUT2D eigenvalue weighted by molar-refractivity contribution is 7.11. The van der Waals surface area contributed by atoms with Gasteiger partial charge in [0.15, 0.2) is 5.69 Å². The molecule has 0 aliphatic rings. The number of nitrogens with zero attached hydrogens (tertiary/aromatic N) is 1. The zero-order valence-electron chi connectivity index (χ0n) is 8.72. The smallest absolute Gasteiger partial charge is 0.389 e. The molecule has 0 fully saturated rings. The van der Waals surface area contributed by atoms with E-state index in [0.29, 0.717) is 9.88 Å². The maximum Gasteiger partial charge on any atom is 0.389 e. The molecule has 0 unspecified atom stereocenters. The fourth-order valence-corrected chi connectivity index (χ4v) is 2.01. The first-order valence-electron chi connectivity index (χ1n) is 4.45. The first-order chi connectivity index (χ1) is 7.33. The number of aromatic nitrogens is 1. The fourth-order valence-electron chi connectivity index (χ4n) is 1.09. The Morgan fingerprint density at radius 3 is 2.62 bits per heavy atom. The van der Waals surface area contributed by atoms with Crippen molar-refractivity contribution in [2.45, 2.75) is 25.9 Å². The lowest BCUT2D eigenvalue weighted by Gasteiger charge is -2.02. The average molecular weight is 253 g/mol. The number of carbonyl (C=O) groups is 1. The Morgan fingerprint density at radius 1 is 1.50 bits per heavy atom. The standard InChI is InChI=1S/C9H10F3NO2S/c1-5-7(8(14)15-2)13-6(16-5)3-4-9(10,11)12/h3-4H2,1-2H3. The third-order valence-electron chi connectivity index (χ3n) is 1.84. The molecule has 1 aromatic heterocycles. The Balaban J connectivity index is 2.74. The number of aryl methyl sites for hydroxylation is 2. The van der Waals surface area contributed by atoms with Gasteiger partial charge in [-0.05, 0) is 6.92 Å². The quantitative estimate of drug-likeness (QED) is 0.777. The minimum absolute atomic E-state index is 0.102. The number of methoxy groups -OCH3 is 1. The van der Waals surface area contributed by atoms with Crippen molar-refractivity contribution in [2.75, 3.05) is 7.11 Å². The summed E-state index contributed by atoms with van der Waals surface area (Å²) in [5.41, 5.74) is 0.102. The zero-order valence-corrected chi connectivity index (χ0v) is 9.54. The lowest BCUT2D eigenvalue weighted by molar-refractivity contribution is -0.133. The molecule has 1 rings (SSSR count). The first-order valence-corrected chi connectivity index (χ1v) is 5.26. The Bertz CT molecular complexity index is 387. The van der Waals surface area contributed by atoms with Crippen LogP contribution in [0.4, 0.5) is 13.2 Å². The molecular weight excluding hydrogens is 243 g/mol. The van der Waals surface area contributed by atoms with Crippen LogP contribution in [0, 0.1) is 6.92 Å². The van der Waals surface area contributed by atoms with Crippen LogP contribution in [0.1, 0.15) is 26.8 Å². The number of hydrogen-bond acceptors (Lipinski definition) is 4. The van der Waals surface area contributed by atoms with Crippen LogP contribution in [0.3, 0.4) is 0 Å². The van der Waals surface area contributed by atoms with Crippen molar-refractivity contribution in [3.8, 4) is 0 Å². The molecule has 0 spiro atoms. The Kier molecular flexibility index (Phi) is 3.90. The van der Waals surface area contributed by atoms with E-state index in [1.54, 1.807) is 6.92 Å². The van der Waals surface area contributed by atoms with Crippen molar-refractivity contribution in [1.82, 2.24) is 4.98 Å². The molecule has 0 N–H and O–H groups in total. The molecule has 0 saturated carbocycles. The van der Waals surface area contributed by atoms with Gasteiger partial charge in [-0.1, -0.05) is 0 Å². The predicted octanol–water partition coefficient (Wildman–Crippen LogP) is 2.73. The maximum absolute atomic E-state index is 12.0. The van der Waals surface area contributed by atoms with Crippen LogP contribution < -0.4 is 0 Å². The number of esters is 1. The predicted molar refractivity (Wildman–Crippen MR) is 52.6 cm³/mol. The van der Waals surface area contributed by atoms with Crippen LogP contribution in [-0.4, -0.2) is 24.2 Å². The van der Waals surface area contributed by atoms with Crippen LogP contribution in [0.2, 0.25) is 0 Å². The van der Waals surface area contributed by atoms with Gasteiger partial charge in [0.1, 0.15) is 0 Å². The monoisotopic (exact) mass is 253 g/mol. The molecule has 0 aliphatic carbocycles. The minimum atomic E-state index is -4.20. The van der Waals surface area contributed by atoms with E-state index >= 15 is 0 Å². The molecule has 1 aromatic rings. The van der Waals surface area contributed by atoms with E-state index < -0.39 is 18.6 Å². The summed E-state index contributed by atoms with van der Waals surface area (Å²) < 4.78 is 40.3. The molecule has 90 valence electrons. The van der Waals surface area contributed by atoms with Gasteiger partial charge < -0.3 is 4.74 Å². The van der Waals surface area contributed by atoms with Gasteiger partial charge in [-0.15, -0.1) is 11.3 Å². The van der Waals surface area contributed by atoms with Crippen molar-refractivity contribution >= 4 is 17.3 Å². The van der Waals surface area contributed by atoms with E-state index in [4.69, 9.17) is 0 Å². The normalized spacial score (nSPS) is 11.6. The second-order valence-corrected chi connectivity index (χ2v) is 4.41. The summed E-state index contributed by atoms with van der Waals surface area (Å²) in [6.07, 6.45) is -5.34. The summed E-state index contributed by atoms with van der Waals surface area (Å²) in [5, 5.41) is 0.301. The van der Waals surface area contributed by atoms with E-state index in [9.17, 15) is 18.0 Å². The van der Waals surface area contributed by atoms with Crippen LogP contribution >= 0.6 is 11.3 Å². The summed E-state index contributed by atoms with van der Waals surface area (Å²) in [4.78, 5) is 15.5. The van der Waals surface area contributed by atoms with Gasteiger partial charge in [0, 0.05) is 17.7 Å². The molecule has 0 aromatic carbocycles. The van der Waals surface area contributed by atoms with Gasteiger partial charge in [-0.25, -0.2) is 9.78 Å². The third-order valence-corrected chi connectivity index (χ3v) is 2.87. The number of alkyl halides is 3. The average Bonchev–Trinajstić information content (AvgIpc) is 2.55. The molecule has 0 radical (unpaired) electrons. The lowest BCUT2D eigenvalue weighted by atomic mass is 10.3. The van der Waals surface area contributed by atoms with Gasteiger partial charge in [-0.3, -0.25) is 0 Å². The lowest BCUT2D eigenvalue weighted by Crippen LogP contribution is -2.09. The molecule has 0 amide bonds. The molecule has 0 atom stereocenters. The highest BCUT2D eigenvalue weighted by Crippen LogP contribution is 2.25. The minimum Gasteiger partial charge on any atom is -0.464 e. The summed E-state index contributed by atoms with van der Waals surface area (Å²) in [5.74, 6) is -0.619. The van der Waals surface area contributed by atoms with Crippen LogP contribution in [0.15, 0.2) is 0 Å². The maximum atomic E-state index is 12.0. The zero-order chi connectivity index (χ0) is 12.3. The number of ether oxygens (including phenoxy) is 1. The highest BCUT2D eigenvalue weighted by atomic mass is 32.1. The SMILES string of the molecule is COC(=O)c1nc(CCC(F)(F)F)sc1C. The fraction of sp³-hybridized carbons (Fsp3) is 0.556. The Hall–Kier alpha value is -1.11. The number of carbonyl (C=O) groups excluding carboxylic acids is 1. The summed E-state index contributed by atoms with van der Waals surface area (Å²) in [6, 6.07) is 0. The van der Waals surface area contributed by atoms with Gasteiger partial charge >= 0.3 is 12.1 Å². The largest absolute Gasteiger partial charge is 0.464 e. The number of halogens is 3. The Labute approximate surface area is 94.3 Å². The molecule has 0 aliphatic heterocycles. The molecule has 0 bridgehead atoms. The molecular formula is C9H10F3NO2S. The molecule has 0 saturated heterocycles. The summed E-state index contributed by atoms with van der Waals surface area (Å²) in [6.45, 7) is 1.63. The van der Waals surface area contributed by atoms with Gasteiger partial charge in [0.25, 0.3) is 0 Å². The number of thiazole rings is 1. The summed E-state index contributed by atoms with van der Waals surface area (Å²) >= 11 is 1.09. The topological polar surface area (TPSA) is 39.2 Å². The highest BCUT2D eigenvalue weighted by Gasteiger charge is 2.27. The van der Waals surface area contributed by atoms with Crippen LogP contribution in [-0.2, 0) is 11.2 Å². The number of hydrogen-bond donors (Lipinski definition) is 0. The second-order valence-electron chi connectivity index (χ2n) is 3.12. The third kappa shape index (κ3) is 3.48. The van der Waals surface area contributed by atoms with E-state index in [1.807, 2.05) is 0 Å². The molecule has 7 heteroatoms. The van der Waals surface area contributed by atoms with Crippen molar-refractivity contribution in [1.29, 1.82) is 0 Å². The van der Waals surface area contributed by atoms with Gasteiger partial charge in [-0.2, -0.15) is 13.2 Å². The molecule has 1 heterocycles. The molecule has 3 nitrogen and oxygen atoms in total. The van der Waals surface area contributed by atoms with Crippen molar-refractivity contribution in [3.63, 3.8) is 0 Å². The Morgan fingerprint density at radius 2 is 2.12 bits per heavy atom. The second kappa shape index (κ2) is 4.82.